The summed E-state index contributed by atoms with van der Waals surface area (Å²) in [5.41, 5.74) is 7.36. The van der Waals surface area contributed by atoms with Crippen molar-refractivity contribution in [2.24, 2.45) is 17.3 Å². The molecular weight excluding hydrogens is 745 g/mol. The average molecular weight is 803 g/mol. The van der Waals surface area contributed by atoms with Gasteiger partial charge in [-0.05, 0) is 116 Å². The SMILES string of the molecule is COC(=O)NC(C(=O)N1CCC[C@H]1c1ncc(-c2ccc(-c3ccc(NC(=O)c4ccc(N5C[C@H](C)N(C(=O)[C@H]6CC6(C)C)CC5C)nc4)cc3C)c(C)c2)[nH]1)C(C)C. The van der Waals surface area contributed by atoms with Gasteiger partial charge in [0, 0.05) is 49.5 Å². The van der Waals surface area contributed by atoms with Gasteiger partial charge in [-0.3, -0.25) is 14.4 Å². The van der Waals surface area contributed by atoms with Gasteiger partial charge >= 0.3 is 6.09 Å². The normalized spacial score (nSPS) is 21.6. The summed E-state index contributed by atoms with van der Waals surface area (Å²) < 4.78 is 4.77. The molecule has 1 aliphatic carbocycles. The molecule has 0 bridgehead atoms. The van der Waals surface area contributed by atoms with Crippen molar-refractivity contribution < 1.29 is 23.9 Å². The first-order chi connectivity index (χ1) is 28.1. The molecule has 2 aliphatic heterocycles. The van der Waals surface area contributed by atoms with Crippen LogP contribution in [0.3, 0.4) is 0 Å². The minimum absolute atomic E-state index is 0.0777. The number of pyridine rings is 1. The van der Waals surface area contributed by atoms with Crippen LogP contribution in [0.4, 0.5) is 16.3 Å². The maximum absolute atomic E-state index is 13.6. The number of rotatable bonds is 10. The number of ether oxygens (including phenoxy) is 1. The number of nitrogens with one attached hydrogen (secondary N) is 3. The first-order valence-corrected chi connectivity index (χ1v) is 20.8. The second-order valence-corrected chi connectivity index (χ2v) is 17.7. The highest BCUT2D eigenvalue weighted by atomic mass is 16.5. The number of hydrogen-bond donors (Lipinski definition) is 3. The predicted octanol–water partition coefficient (Wildman–Crippen LogP) is 7.52. The maximum atomic E-state index is 13.6. The first kappa shape index (κ1) is 41.4. The summed E-state index contributed by atoms with van der Waals surface area (Å²) in [5.74, 6) is 1.43. The number of carbonyl (C=O) groups is 4. The molecule has 3 aliphatic rings. The minimum atomic E-state index is -0.693. The van der Waals surface area contributed by atoms with Gasteiger partial charge in [-0.2, -0.15) is 0 Å². The van der Waals surface area contributed by atoms with Crippen LogP contribution in [0.2, 0.25) is 0 Å². The summed E-state index contributed by atoms with van der Waals surface area (Å²) in [7, 11) is 1.29. The fourth-order valence-electron chi connectivity index (χ4n) is 8.76. The topological polar surface area (TPSA) is 153 Å². The Morgan fingerprint density at radius 3 is 2.24 bits per heavy atom. The Morgan fingerprint density at radius 2 is 1.61 bits per heavy atom. The number of nitrogens with zero attached hydrogens (tertiary/aromatic N) is 5. The van der Waals surface area contributed by atoms with Crippen molar-refractivity contribution in [1.29, 1.82) is 0 Å². The van der Waals surface area contributed by atoms with E-state index in [0.29, 0.717) is 30.9 Å². The second-order valence-electron chi connectivity index (χ2n) is 17.7. The molecule has 2 aromatic carbocycles. The molecule has 2 unspecified atom stereocenters. The minimum Gasteiger partial charge on any atom is -0.453 e. The number of carbonyl (C=O) groups excluding carboxylic acids is 4. The summed E-state index contributed by atoms with van der Waals surface area (Å²) in [5, 5.41) is 5.74. The lowest BCUT2D eigenvalue weighted by Gasteiger charge is -2.45. The van der Waals surface area contributed by atoms with Crippen LogP contribution in [-0.4, -0.2) is 93.4 Å². The summed E-state index contributed by atoms with van der Waals surface area (Å²) in [6, 6.07) is 15.2. The van der Waals surface area contributed by atoms with E-state index in [1.165, 1.54) is 7.11 Å². The van der Waals surface area contributed by atoms with E-state index in [2.05, 4.69) is 78.3 Å². The average Bonchev–Trinajstić information content (AvgIpc) is 3.55. The zero-order valence-electron chi connectivity index (χ0n) is 35.8. The first-order valence-electron chi connectivity index (χ1n) is 20.8. The maximum Gasteiger partial charge on any atom is 0.407 e. The number of imidazole rings is 1. The smallest absolute Gasteiger partial charge is 0.407 e. The number of likely N-dealkylation sites (tertiary alicyclic amines) is 1. The zero-order valence-corrected chi connectivity index (χ0v) is 35.8. The molecule has 0 radical (unpaired) electrons. The Bertz CT molecular complexity index is 2230. The molecule has 59 heavy (non-hydrogen) atoms. The van der Waals surface area contributed by atoms with Crippen molar-refractivity contribution >= 4 is 35.3 Å². The summed E-state index contributed by atoms with van der Waals surface area (Å²) in [4.78, 5) is 71.0. The number of H-pyrrole nitrogens is 1. The highest BCUT2D eigenvalue weighted by Crippen LogP contribution is 2.53. The molecule has 4 heterocycles. The molecule has 3 N–H and O–H groups in total. The van der Waals surface area contributed by atoms with Crippen molar-refractivity contribution in [1.82, 2.24) is 30.1 Å². The van der Waals surface area contributed by atoms with Gasteiger partial charge in [-0.15, -0.1) is 0 Å². The Balaban J connectivity index is 0.977. The van der Waals surface area contributed by atoms with E-state index in [9.17, 15) is 19.2 Å². The third kappa shape index (κ3) is 8.56. The summed E-state index contributed by atoms with van der Waals surface area (Å²) in [6.45, 7) is 18.4. The third-order valence-corrected chi connectivity index (χ3v) is 12.5. The van der Waals surface area contributed by atoms with E-state index < -0.39 is 12.1 Å². The molecule has 2 aromatic heterocycles. The standard InChI is InChI=1S/C46H58N8O5/c1-26(2)40(51-45(58)59-9)44(57)52-18-10-11-38(52)41-48-23-37(50-41)31-12-15-34(27(3)19-31)35-16-14-33(20-28(35)4)49-42(55)32-13-17-39(47-22-32)53-24-30(6)54(25-29(53)5)43(56)36-21-46(36,7)8/h12-17,19-20,22-23,26,29-30,36,38,40H,10-11,18,21,24-25H2,1-9H3,(H,48,50)(H,49,55)(H,51,58)/t29?,30-,36+,38-,40?/m0/s1. The number of hydrogen-bond acceptors (Lipinski definition) is 8. The van der Waals surface area contributed by atoms with E-state index >= 15 is 0 Å². The van der Waals surface area contributed by atoms with E-state index in [4.69, 9.17) is 9.72 Å². The van der Waals surface area contributed by atoms with E-state index in [-0.39, 0.29) is 53.1 Å². The van der Waals surface area contributed by atoms with Gasteiger partial charge in [0.2, 0.25) is 11.8 Å². The van der Waals surface area contributed by atoms with Gasteiger partial charge in [-0.25, -0.2) is 14.8 Å². The number of piperazine rings is 1. The van der Waals surface area contributed by atoms with Gasteiger partial charge < -0.3 is 35.1 Å². The Morgan fingerprint density at radius 1 is 0.898 bits per heavy atom. The number of aromatic nitrogens is 3. The molecule has 1 saturated carbocycles. The van der Waals surface area contributed by atoms with Gasteiger partial charge in [0.05, 0.1) is 30.6 Å². The summed E-state index contributed by atoms with van der Waals surface area (Å²) >= 11 is 0. The highest BCUT2D eigenvalue weighted by molar-refractivity contribution is 6.04. The lowest BCUT2D eigenvalue weighted by molar-refractivity contribution is -0.136. The van der Waals surface area contributed by atoms with Crippen molar-refractivity contribution in [2.75, 3.05) is 37.0 Å². The summed E-state index contributed by atoms with van der Waals surface area (Å²) in [6.07, 6.45) is 5.39. The number of methoxy groups -OCH3 is 1. The molecule has 3 fully saturated rings. The lowest BCUT2D eigenvalue weighted by atomic mass is 9.94. The monoisotopic (exact) mass is 802 g/mol. The number of aryl methyl sites for hydroxylation is 2. The van der Waals surface area contributed by atoms with Crippen LogP contribution < -0.4 is 15.5 Å². The Kier molecular flexibility index (Phi) is 11.6. The van der Waals surface area contributed by atoms with Crippen molar-refractivity contribution in [2.45, 2.75) is 98.8 Å². The van der Waals surface area contributed by atoms with Crippen molar-refractivity contribution in [3.8, 4) is 22.4 Å². The Labute approximate surface area is 347 Å². The van der Waals surface area contributed by atoms with Crippen LogP contribution in [0, 0.1) is 31.1 Å². The largest absolute Gasteiger partial charge is 0.453 e. The molecule has 4 amide bonds. The molecular formula is C46H58N8O5. The van der Waals surface area contributed by atoms with Crippen LogP contribution in [-0.2, 0) is 14.3 Å². The van der Waals surface area contributed by atoms with Gasteiger partial charge in [0.15, 0.2) is 0 Å². The van der Waals surface area contributed by atoms with E-state index in [1.54, 1.807) is 6.20 Å². The molecule has 13 nitrogen and oxygen atoms in total. The Hall–Kier alpha value is -5.72. The highest BCUT2D eigenvalue weighted by Gasteiger charge is 2.53. The van der Waals surface area contributed by atoms with Crippen LogP contribution in [0.25, 0.3) is 22.4 Å². The predicted molar refractivity (Wildman–Crippen MR) is 229 cm³/mol. The fourth-order valence-corrected chi connectivity index (χ4v) is 8.76. The quantitative estimate of drug-likeness (QED) is 0.149. The lowest BCUT2D eigenvalue weighted by Crippen LogP contribution is -2.59. The molecule has 4 aromatic rings. The number of benzene rings is 2. The number of aromatic amines is 1. The van der Waals surface area contributed by atoms with E-state index in [1.807, 2.05) is 67.1 Å². The van der Waals surface area contributed by atoms with Crippen LogP contribution in [0.5, 0.6) is 0 Å². The van der Waals surface area contributed by atoms with Crippen molar-refractivity contribution in [3.05, 3.63) is 83.4 Å². The van der Waals surface area contributed by atoms with E-state index in [0.717, 1.165) is 64.4 Å². The molecule has 5 atom stereocenters. The van der Waals surface area contributed by atoms with Crippen LogP contribution in [0.1, 0.15) is 94.2 Å². The number of anilines is 2. The number of alkyl carbamates (subject to hydrolysis) is 1. The molecule has 13 heteroatoms. The van der Waals surface area contributed by atoms with Crippen LogP contribution >= 0.6 is 0 Å². The van der Waals surface area contributed by atoms with Gasteiger partial charge in [0.25, 0.3) is 5.91 Å². The molecule has 0 spiro atoms. The fraction of sp³-hybridized carbons (Fsp3) is 0.478. The molecule has 7 rings (SSSR count). The van der Waals surface area contributed by atoms with Crippen LogP contribution in [0.15, 0.2) is 60.9 Å². The molecule has 2 saturated heterocycles. The van der Waals surface area contributed by atoms with Gasteiger partial charge in [-0.1, -0.05) is 45.9 Å². The second kappa shape index (κ2) is 16.5. The third-order valence-electron chi connectivity index (χ3n) is 12.5. The van der Waals surface area contributed by atoms with Gasteiger partial charge in [0.1, 0.15) is 17.7 Å². The van der Waals surface area contributed by atoms with Crippen molar-refractivity contribution in [3.63, 3.8) is 0 Å². The molecule has 312 valence electrons. The zero-order chi connectivity index (χ0) is 42.3. The number of amides is 4.